The number of H-pyrrole nitrogens is 1. The van der Waals surface area contributed by atoms with Crippen LogP contribution in [0, 0.1) is 53.1 Å². The van der Waals surface area contributed by atoms with Crippen LogP contribution >= 0.6 is 0 Å². The Morgan fingerprint density at radius 3 is 2.65 bits per heavy atom. The summed E-state index contributed by atoms with van der Waals surface area (Å²) in [4.78, 5) is 28.0. The van der Waals surface area contributed by atoms with Crippen molar-refractivity contribution in [3.8, 4) is 23.2 Å². The van der Waals surface area contributed by atoms with Gasteiger partial charge in [0.2, 0.25) is 0 Å². The smallest absolute Gasteiger partial charge is 0.307 e. The Morgan fingerprint density at radius 1 is 1.21 bits per heavy atom. The number of aromatic amines is 1. The number of halogens is 2. The molecule has 0 saturated heterocycles. The zero-order valence-electron chi connectivity index (χ0n) is 19.1. The van der Waals surface area contributed by atoms with Crippen molar-refractivity contribution in [2.24, 2.45) is 29.6 Å². The Labute approximate surface area is 196 Å². The number of nitrogens with one attached hydrogen (secondary N) is 1. The number of carboxylic acids is 1. The summed E-state index contributed by atoms with van der Waals surface area (Å²) in [5, 5.41) is 10.4. The molecular weight excluding hydrogens is 438 g/mol. The monoisotopic (exact) mass is 464 g/mol. The molecule has 0 amide bonds. The summed E-state index contributed by atoms with van der Waals surface area (Å²) in [6.45, 7) is 3.80. The van der Waals surface area contributed by atoms with Gasteiger partial charge < -0.3 is 10.1 Å². The van der Waals surface area contributed by atoms with Crippen LogP contribution in [-0.4, -0.2) is 31.0 Å². The quantitative estimate of drug-likeness (QED) is 0.531. The average molecular weight is 465 g/mol. The number of rotatable bonds is 4. The van der Waals surface area contributed by atoms with Crippen LogP contribution < -0.4 is 0 Å². The van der Waals surface area contributed by atoms with E-state index in [9.17, 15) is 14.3 Å². The Balaban J connectivity index is 1.62. The molecule has 3 aromatic heterocycles. The fourth-order valence-corrected chi connectivity index (χ4v) is 5.68. The molecule has 0 aliphatic heterocycles. The van der Waals surface area contributed by atoms with E-state index < -0.39 is 23.5 Å². The maximum atomic E-state index is 15.6. The number of aliphatic carboxylic acids is 1. The highest BCUT2D eigenvalue weighted by atomic mass is 19.1. The lowest BCUT2D eigenvalue weighted by Gasteiger charge is -2.46. The first-order chi connectivity index (χ1) is 16.3. The molecule has 3 saturated carbocycles. The van der Waals surface area contributed by atoms with Crippen molar-refractivity contribution in [3.63, 3.8) is 0 Å². The molecule has 0 aromatic carbocycles. The van der Waals surface area contributed by atoms with Gasteiger partial charge in [0.1, 0.15) is 11.5 Å². The minimum Gasteiger partial charge on any atom is -0.481 e. The number of carboxylic acid groups (broad SMARTS) is 1. The highest BCUT2D eigenvalue weighted by Crippen LogP contribution is 2.50. The maximum absolute atomic E-state index is 15.6. The average Bonchev–Trinajstić information content (AvgIpc) is 3.23. The minimum atomic E-state index is -0.813. The molecule has 6 rings (SSSR count). The SMILES string of the molecule is CC(C)C#Cc1nc(-c2c[nH]c3ncc(F)cc23)nc(CC2C3CCC(CC3)C2C(=O)O)c1F. The molecule has 176 valence electrons. The minimum absolute atomic E-state index is 0.0121. The van der Waals surface area contributed by atoms with Crippen molar-refractivity contribution in [2.45, 2.75) is 46.0 Å². The van der Waals surface area contributed by atoms with Gasteiger partial charge in [-0.3, -0.25) is 4.79 Å². The van der Waals surface area contributed by atoms with E-state index in [0.29, 0.717) is 16.6 Å². The first-order valence-corrected chi connectivity index (χ1v) is 11.8. The summed E-state index contributed by atoms with van der Waals surface area (Å²) in [6, 6.07) is 1.33. The molecule has 3 aliphatic rings. The van der Waals surface area contributed by atoms with E-state index in [4.69, 9.17) is 0 Å². The normalized spacial score (nSPS) is 23.8. The fraction of sp³-hybridized carbons (Fsp3) is 0.462. The van der Waals surface area contributed by atoms with Crippen molar-refractivity contribution in [3.05, 3.63) is 41.5 Å². The van der Waals surface area contributed by atoms with Gasteiger partial charge in [-0.15, -0.1) is 0 Å². The molecule has 2 unspecified atom stereocenters. The predicted molar refractivity (Wildman–Crippen MR) is 123 cm³/mol. The summed E-state index contributed by atoms with van der Waals surface area (Å²) in [6.07, 6.45) is 6.70. The van der Waals surface area contributed by atoms with Crippen molar-refractivity contribution in [1.82, 2.24) is 19.9 Å². The number of nitrogens with zero attached hydrogens (tertiary/aromatic N) is 3. The predicted octanol–water partition coefficient (Wildman–Crippen LogP) is 4.99. The molecule has 34 heavy (non-hydrogen) atoms. The van der Waals surface area contributed by atoms with Gasteiger partial charge in [-0.1, -0.05) is 19.8 Å². The van der Waals surface area contributed by atoms with Crippen LogP contribution in [-0.2, 0) is 11.2 Å². The third-order valence-corrected chi connectivity index (χ3v) is 7.24. The van der Waals surface area contributed by atoms with Crippen LogP contribution in [0.5, 0.6) is 0 Å². The van der Waals surface area contributed by atoms with Crippen molar-refractivity contribution < 1.29 is 18.7 Å². The Bertz CT molecular complexity index is 1320. The number of pyridine rings is 1. The molecule has 6 nitrogen and oxygen atoms in total. The van der Waals surface area contributed by atoms with E-state index in [2.05, 4.69) is 31.8 Å². The van der Waals surface area contributed by atoms with E-state index in [-0.39, 0.29) is 47.3 Å². The summed E-state index contributed by atoms with van der Waals surface area (Å²) in [5.74, 6) is 3.77. The van der Waals surface area contributed by atoms with Crippen molar-refractivity contribution in [1.29, 1.82) is 0 Å². The Hall–Kier alpha value is -3.34. The second kappa shape index (κ2) is 8.79. The second-order valence-electron chi connectivity index (χ2n) is 9.74. The molecule has 3 heterocycles. The van der Waals surface area contributed by atoms with Crippen LogP contribution in [0.2, 0.25) is 0 Å². The fourth-order valence-electron chi connectivity index (χ4n) is 5.68. The van der Waals surface area contributed by atoms with Crippen LogP contribution in [0.3, 0.4) is 0 Å². The molecule has 3 fully saturated rings. The molecule has 2 N–H and O–H groups in total. The third-order valence-electron chi connectivity index (χ3n) is 7.24. The number of carbonyl (C=O) groups is 1. The van der Waals surface area contributed by atoms with Crippen LogP contribution in [0.25, 0.3) is 22.4 Å². The summed E-state index contributed by atoms with van der Waals surface area (Å²) in [5.41, 5.74) is 1.10. The zero-order chi connectivity index (χ0) is 24.0. The Kier molecular flexibility index (Phi) is 5.80. The highest BCUT2D eigenvalue weighted by molar-refractivity contribution is 5.91. The van der Waals surface area contributed by atoms with Gasteiger partial charge in [0, 0.05) is 23.1 Å². The summed E-state index contributed by atoms with van der Waals surface area (Å²) >= 11 is 0. The zero-order valence-corrected chi connectivity index (χ0v) is 19.1. The van der Waals surface area contributed by atoms with Crippen molar-refractivity contribution >= 4 is 17.0 Å². The molecule has 3 aromatic rings. The van der Waals surface area contributed by atoms with Gasteiger partial charge in [-0.2, -0.15) is 0 Å². The van der Waals surface area contributed by atoms with E-state index >= 15 is 4.39 Å². The third kappa shape index (κ3) is 4.04. The number of hydrogen-bond donors (Lipinski definition) is 2. The molecular formula is C26H26F2N4O2. The van der Waals surface area contributed by atoms with Gasteiger partial charge in [-0.05, 0) is 61.8 Å². The van der Waals surface area contributed by atoms with Gasteiger partial charge >= 0.3 is 5.97 Å². The number of hydrogen-bond acceptors (Lipinski definition) is 4. The Morgan fingerprint density at radius 2 is 1.94 bits per heavy atom. The van der Waals surface area contributed by atoms with Crippen molar-refractivity contribution in [2.75, 3.05) is 0 Å². The van der Waals surface area contributed by atoms with Gasteiger partial charge in [0.15, 0.2) is 17.3 Å². The number of aromatic nitrogens is 4. The molecule has 8 heteroatoms. The van der Waals surface area contributed by atoms with Gasteiger partial charge in [0.05, 0.1) is 17.8 Å². The van der Waals surface area contributed by atoms with E-state index in [1.165, 1.54) is 6.07 Å². The second-order valence-corrected chi connectivity index (χ2v) is 9.74. The topological polar surface area (TPSA) is 91.8 Å². The van der Waals surface area contributed by atoms with Crippen LogP contribution in [0.15, 0.2) is 18.5 Å². The van der Waals surface area contributed by atoms with E-state index in [0.717, 1.165) is 31.9 Å². The van der Waals surface area contributed by atoms with Gasteiger partial charge in [-0.25, -0.2) is 23.7 Å². The standard InChI is InChI=1S/C26H26F2N4O2/c1-13(2)3-8-20-23(28)21(10-17-14-4-6-15(7-5-14)22(17)26(33)34)32-25(31-20)19-12-30-24-18(19)9-16(27)11-29-24/h9,11-15,17,22H,4-7,10H2,1-2H3,(H,29,30)(H,33,34). The molecule has 2 bridgehead atoms. The number of fused-ring (bicyclic) bond motifs is 4. The first-order valence-electron chi connectivity index (χ1n) is 11.8. The highest BCUT2D eigenvalue weighted by Gasteiger charge is 2.47. The lowest BCUT2D eigenvalue weighted by Crippen LogP contribution is -2.45. The largest absolute Gasteiger partial charge is 0.481 e. The molecule has 3 aliphatic carbocycles. The van der Waals surface area contributed by atoms with Crippen LogP contribution in [0.4, 0.5) is 8.78 Å². The van der Waals surface area contributed by atoms with E-state index in [1.54, 1.807) is 6.20 Å². The molecule has 0 radical (unpaired) electrons. The summed E-state index contributed by atoms with van der Waals surface area (Å²) in [7, 11) is 0. The first kappa shape index (κ1) is 22.5. The molecule has 2 atom stereocenters. The summed E-state index contributed by atoms with van der Waals surface area (Å²) < 4.78 is 29.5. The maximum Gasteiger partial charge on any atom is 0.307 e. The van der Waals surface area contributed by atoms with Gasteiger partial charge in [0.25, 0.3) is 0 Å². The van der Waals surface area contributed by atoms with Crippen LogP contribution in [0.1, 0.15) is 50.9 Å². The van der Waals surface area contributed by atoms with E-state index in [1.807, 2.05) is 13.8 Å². The lowest BCUT2D eigenvalue weighted by atomic mass is 9.57. The molecule has 0 spiro atoms. The lowest BCUT2D eigenvalue weighted by molar-refractivity contribution is -0.152.